The maximum atomic E-state index is 11.2. The van der Waals surface area contributed by atoms with Crippen LogP contribution in [0.25, 0.3) is 0 Å². The van der Waals surface area contributed by atoms with Crippen molar-refractivity contribution in [2.24, 2.45) is 0 Å². The summed E-state index contributed by atoms with van der Waals surface area (Å²) in [5, 5.41) is 9.24. The number of methoxy groups -OCH3 is 1. The van der Waals surface area contributed by atoms with E-state index in [0.717, 1.165) is 6.42 Å². The van der Waals surface area contributed by atoms with Gasteiger partial charge in [0.1, 0.15) is 0 Å². The molecule has 92 valence electrons. The van der Waals surface area contributed by atoms with Crippen molar-refractivity contribution >= 4 is 10.2 Å². The van der Waals surface area contributed by atoms with E-state index in [1.165, 1.54) is 7.11 Å². The van der Waals surface area contributed by atoms with E-state index in [-0.39, 0.29) is 13.2 Å². The molecular formula is C8H20N2O4S. The van der Waals surface area contributed by atoms with E-state index in [0.29, 0.717) is 13.0 Å². The topological polar surface area (TPSA) is 87.7 Å². The highest BCUT2D eigenvalue weighted by atomic mass is 32.2. The minimum absolute atomic E-state index is 0.198. The van der Waals surface area contributed by atoms with Crippen LogP contribution < -0.4 is 9.44 Å². The van der Waals surface area contributed by atoms with Gasteiger partial charge in [-0.15, -0.1) is 0 Å². The van der Waals surface area contributed by atoms with Crippen LogP contribution in [0.5, 0.6) is 0 Å². The van der Waals surface area contributed by atoms with Gasteiger partial charge < -0.3 is 9.84 Å². The standard InChI is InChI=1S/C8H20N2O4S/c1-3-5-9-15(12,13)10-6-4-8(11)7-14-2/h8-11H,3-7H2,1-2H3. The highest BCUT2D eigenvalue weighted by Gasteiger charge is 2.09. The van der Waals surface area contributed by atoms with E-state index in [9.17, 15) is 13.5 Å². The lowest BCUT2D eigenvalue weighted by molar-refractivity contribution is 0.0603. The average molecular weight is 240 g/mol. The van der Waals surface area contributed by atoms with Gasteiger partial charge in [0, 0.05) is 20.2 Å². The Balaban J connectivity index is 3.65. The summed E-state index contributed by atoms with van der Waals surface area (Å²) in [5.74, 6) is 0. The molecule has 3 N–H and O–H groups in total. The van der Waals surface area contributed by atoms with Crippen molar-refractivity contribution in [1.29, 1.82) is 0 Å². The molecule has 0 fully saturated rings. The van der Waals surface area contributed by atoms with Crippen LogP contribution in [0.1, 0.15) is 19.8 Å². The van der Waals surface area contributed by atoms with Gasteiger partial charge in [-0.2, -0.15) is 8.42 Å². The Kier molecular flexibility index (Phi) is 7.89. The molecule has 7 heteroatoms. The Morgan fingerprint density at radius 1 is 1.33 bits per heavy atom. The zero-order valence-electron chi connectivity index (χ0n) is 9.19. The van der Waals surface area contributed by atoms with E-state index in [4.69, 9.17) is 4.74 Å². The lowest BCUT2D eigenvalue weighted by Crippen LogP contribution is -2.38. The number of hydrogen-bond donors (Lipinski definition) is 3. The molecule has 0 aromatic carbocycles. The molecule has 0 spiro atoms. The largest absolute Gasteiger partial charge is 0.391 e. The van der Waals surface area contributed by atoms with E-state index in [1.807, 2.05) is 6.92 Å². The lowest BCUT2D eigenvalue weighted by Gasteiger charge is -2.10. The van der Waals surface area contributed by atoms with Gasteiger partial charge in [0.25, 0.3) is 10.2 Å². The van der Waals surface area contributed by atoms with Crippen molar-refractivity contribution in [2.75, 3.05) is 26.8 Å². The first kappa shape index (κ1) is 14.8. The van der Waals surface area contributed by atoms with Crippen molar-refractivity contribution < 1.29 is 18.3 Å². The first-order chi connectivity index (χ1) is 7.02. The molecule has 0 radical (unpaired) electrons. The Hall–Kier alpha value is -0.210. The van der Waals surface area contributed by atoms with Gasteiger partial charge in [0.15, 0.2) is 0 Å². The molecule has 0 aliphatic carbocycles. The van der Waals surface area contributed by atoms with Crippen LogP contribution >= 0.6 is 0 Å². The number of aliphatic hydroxyl groups is 1. The molecule has 0 saturated carbocycles. The van der Waals surface area contributed by atoms with Crippen molar-refractivity contribution in [3.05, 3.63) is 0 Å². The van der Waals surface area contributed by atoms with Gasteiger partial charge in [0.2, 0.25) is 0 Å². The molecule has 0 aliphatic rings. The van der Waals surface area contributed by atoms with Crippen LogP contribution in [-0.2, 0) is 14.9 Å². The van der Waals surface area contributed by atoms with E-state index in [2.05, 4.69) is 9.44 Å². The predicted octanol–water partition coefficient (Wildman–Crippen LogP) is -0.782. The molecule has 0 aliphatic heterocycles. The Morgan fingerprint density at radius 3 is 2.47 bits per heavy atom. The summed E-state index contributed by atoms with van der Waals surface area (Å²) >= 11 is 0. The monoisotopic (exact) mass is 240 g/mol. The first-order valence-corrected chi connectivity index (χ1v) is 6.41. The molecule has 0 bridgehead atoms. The molecule has 0 aromatic rings. The summed E-state index contributed by atoms with van der Waals surface area (Å²) in [7, 11) is -1.92. The molecule has 0 heterocycles. The SMILES string of the molecule is CCCNS(=O)(=O)NCCC(O)COC. The van der Waals surface area contributed by atoms with Crippen molar-refractivity contribution in [3.8, 4) is 0 Å². The first-order valence-electron chi connectivity index (χ1n) is 4.93. The van der Waals surface area contributed by atoms with E-state index >= 15 is 0 Å². The summed E-state index contributed by atoms with van der Waals surface area (Å²) in [6.07, 6.45) is 0.442. The molecule has 6 nitrogen and oxygen atoms in total. The van der Waals surface area contributed by atoms with Crippen LogP contribution in [0.4, 0.5) is 0 Å². The fraction of sp³-hybridized carbons (Fsp3) is 1.00. The summed E-state index contributed by atoms with van der Waals surface area (Å²) in [6.45, 7) is 2.70. The van der Waals surface area contributed by atoms with E-state index < -0.39 is 16.3 Å². The van der Waals surface area contributed by atoms with E-state index in [1.54, 1.807) is 0 Å². The molecular weight excluding hydrogens is 220 g/mol. The molecule has 1 atom stereocenters. The van der Waals surface area contributed by atoms with Crippen LogP contribution in [0, 0.1) is 0 Å². The lowest BCUT2D eigenvalue weighted by atomic mass is 10.3. The average Bonchev–Trinajstić information content (AvgIpc) is 2.15. The quantitative estimate of drug-likeness (QED) is 0.493. The Bertz CT molecular complexity index is 243. The van der Waals surface area contributed by atoms with Crippen molar-refractivity contribution in [2.45, 2.75) is 25.9 Å². The second-order valence-corrected chi connectivity index (χ2v) is 4.77. The highest BCUT2D eigenvalue weighted by Crippen LogP contribution is 1.91. The maximum Gasteiger partial charge on any atom is 0.276 e. The van der Waals surface area contributed by atoms with Crippen molar-refractivity contribution in [3.63, 3.8) is 0 Å². The summed E-state index contributed by atoms with van der Waals surface area (Å²) < 4.78 is 31.8. The number of aliphatic hydroxyl groups excluding tert-OH is 1. The van der Waals surface area contributed by atoms with Crippen LogP contribution in [0.15, 0.2) is 0 Å². The molecule has 0 saturated heterocycles. The van der Waals surface area contributed by atoms with Gasteiger partial charge in [0.05, 0.1) is 12.7 Å². The minimum atomic E-state index is -3.41. The second-order valence-electron chi connectivity index (χ2n) is 3.19. The molecule has 0 amide bonds. The van der Waals surface area contributed by atoms with Gasteiger partial charge in [-0.1, -0.05) is 6.92 Å². The third-order valence-corrected chi connectivity index (χ3v) is 2.84. The molecule has 15 heavy (non-hydrogen) atoms. The third kappa shape index (κ3) is 8.76. The van der Waals surface area contributed by atoms with Crippen LogP contribution in [-0.4, -0.2) is 46.4 Å². The number of nitrogens with one attached hydrogen (secondary N) is 2. The fourth-order valence-corrected chi connectivity index (χ4v) is 1.88. The summed E-state index contributed by atoms with van der Waals surface area (Å²) in [4.78, 5) is 0. The van der Waals surface area contributed by atoms with Gasteiger partial charge in [-0.05, 0) is 12.8 Å². The number of ether oxygens (including phenoxy) is 1. The smallest absolute Gasteiger partial charge is 0.276 e. The third-order valence-electron chi connectivity index (χ3n) is 1.67. The van der Waals surface area contributed by atoms with Crippen LogP contribution in [0.2, 0.25) is 0 Å². The summed E-state index contributed by atoms with van der Waals surface area (Å²) in [6, 6.07) is 0. The zero-order valence-corrected chi connectivity index (χ0v) is 10.0. The van der Waals surface area contributed by atoms with Gasteiger partial charge in [-0.3, -0.25) is 0 Å². The zero-order chi connectivity index (χ0) is 11.7. The van der Waals surface area contributed by atoms with Gasteiger partial charge >= 0.3 is 0 Å². The normalized spacial score (nSPS) is 14.1. The molecule has 0 rings (SSSR count). The van der Waals surface area contributed by atoms with Crippen molar-refractivity contribution in [1.82, 2.24) is 9.44 Å². The fourth-order valence-electron chi connectivity index (χ4n) is 0.923. The summed E-state index contributed by atoms with van der Waals surface area (Å²) in [5.41, 5.74) is 0. The van der Waals surface area contributed by atoms with Crippen LogP contribution in [0.3, 0.4) is 0 Å². The van der Waals surface area contributed by atoms with Gasteiger partial charge in [-0.25, -0.2) is 9.44 Å². The maximum absolute atomic E-state index is 11.2. The predicted molar refractivity (Wildman–Crippen MR) is 57.7 cm³/mol. The second kappa shape index (κ2) is 8.00. The Morgan fingerprint density at radius 2 is 1.93 bits per heavy atom. The highest BCUT2D eigenvalue weighted by molar-refractivity contribution is 7.87. The Labute approximate surface area is 91.2 Å². The number of hydrogen-bond acceptors (Lipinski definition) is 4. The minimum Gasteiger partial charge on any atom is -0.391 e. The molecule has 0 aromatic heterocycles. The number of rotatable bonds is 9. The molecule has 1 unspecified atom stereocenters.